The lowest BCUT2D eigenvalue weighted by molar-refractivity contribution is -0.143. The molecule has 0 bridgehead atoms. The number of hydrogen-bond acceptors (Lipinski definition) is 5. The van der Waals surface area contributed by atoms with Crippen molar-refractivity contribution in [2.24, 2.45) is 0 Å². The summed E-state index contributed by atoms with van der Waals surface area (Å²) in [5, 5.41) is 4.23. The molecule has 0 amide bonds. The second-order valence-electron chi connectivity index (χ2n) is 4.38. The minimum atomic E-state index is -0.138. The predicted octanol–water partition coefficient (Wildman–Crippen LogP) is 3.44. The Labute approximate surface area is 116 Å². The van der Waals surface area contributed by atoms with Crippen LogP contribution in [0.25, 0.3) is 10.2 Å². The molecule has 1 atom stereocenters. The summed E-state index contributed by atoms with van der Waals surface area (Å²) in [6.45, 7) is 4.31. The molecule has 5 heteroatoms. The van der Waals surface area contributed by atoms with Crippen molar-refractivity contribution < 1.29 is 9.53 Å². The zero-order valence-electron chi connectivity index (χ0n) is 11.2. The number of carbonyl (C=O) groups is 1. The third kappa shape index (κ3) is 3.92. The van der Waals surface area contributed by atoms with E-state index in [0.717, 1.165) is 17.1 Å². The number of ether oxygens (including phenoxy) is 1. The minimum Gasteiger partial charge on any atom is -0.466 e. The molecule has 2 rings (SSSR count). The number of esters is 1. The topological polar surface area (TPSA) is 51.2 Å². The Morgan fingerprint density at radius 3 is 3.00 bits per heavy atom. The van der Waals surface area contributed by atoms with Gasteiger partial charge in [0.25, 0.3) is 0 Å². The second kappa shape index (κ2) is 6.52. The van der Waals surface area contributed by atoms with Gasteiger partial charge in [-0.15, -0.1) is 0 Å². The number of carbonyl (C=O) groups excluding carboxylic acids is 1. The number of nitrogens with one attached hydrogen (secondary N) is 1. The quantitative estimate of drug-likeness (QED) is 0.822. The van der Waals surface area contributed by atoms with Gasteiger partial charge in [-0.3, -0.25) is 4.79 Å². The van der Waals surface area contributed by atoms with Gasteiger partial charge >= 0.3 is 5.97 Å². The number of para-hydroxylation sites is 1. The predicted molar refractivity (Wildman–Crippen MR) is 78.6 cm³/mol. The summed E-state index contributed by atoms with van der Waals surface area (Å²) in [4.78, 5) is 15.8. The molecule has 1 aromatic carbocycles. The van der Waals surface area contributed by atoms with Crippen molar-refractivity contribution in [1.29, 1.82) is 0 Å². The van der Waals surface area contributed by atoms with E-state index in [0.29, 0.717) is 13.0 Å². The van der Waals surface area contributed by atoms with Gasteiger partial charge in [-0.2, -0.15) is 0 Å². The minimum absolute atomic E-state index is 0.138. The number of rotatable bonds is 6. The molecular formula is C14H18N2O2S. The maximum absolute atomic E-state index is 11.3. The summed E-state index contributed by atoms with van der Waals surface area (Å²) < 4.78 is 6.08. The summed E-state index contributed by atoms with van der Waals surface area (Å²) in [6.07, 6.45) is 1.18. The number of benzene rings is 1. The van der Waals surface area contributed by atoms with Crippen molar-refractivity contribution in [1.82, 2.24) is 4.98 Å². The van der Waals surface area contributed by atoms with Crippen LogP contribution in [0.3, 0.4) is 0 Å². The lowest BCUT2D eigenvalue weighted by Crippen LogP contribution is -2.17. The van der Waals surface area contributed by atoms with Crippen LogP contribution in [0.15, 0.2) is 24.3 Å². The van der Waals surface area contributed by atoms with E-state index in [1.165, 1.54) is 4.70 Å². The largest absolute Gasteiger partial charge is 0.466 e. The Bertz CT molecular complexity index is 520. The molecule has 1 unspecified atom stereocenters. The molecule has 1 N–H and O–H groups in total. The molecule has 1 heterocycles. The molecule has 0 aliphatic heterocycles. The first kappa shape index (κ1) is 13.8. The van der Waals surface area contributed by atoms with E-state index in [2.05, 4.69) is 16.4 Å². The smallest absolute Gasteiger partial charge is 0.305 e. The molecule has 0 radical (unpaired) electrons. The van der Waals surface area contributed by atoms with Gasteiger partial charge < -0.3 is 10.1 Å². The van der Waals surface area contributed by atoms with E-state index in [4.69, 9.17) is 4.74 Å². The highest BCUT2D eigenvalue weighted by Crippen LogP contribution is 2.26. The highest BCUT2D eigenvalue weighted by molar-refractivity contribution is 7.22. The Balaban J connectivity index is 1.88. The van der Waals surface area contributed by atoms with Crippen LogP contribution >= 0.6 is 11.3 Å². The van der Waals surface area contributed by atoms with Gasteiger partial charge in [0, 0.05) is 12.5 Å². The van der Waals surface area contributed by atoms with Crippen LogP contribution in [-0.2, 0) is 9.53 Å². The third-order valence-corrected chi connectivity index (χ3v) is 3.72. The van der Waals surface area contributed by atoms with Gasteiger partial charge in [0.1, 0.15) is 0 Å². The van der Waals surface area contributed by atoms with E-state index in [1.54, 1.807) is 11.3 Å². The van der Waals surface area contributed by atoms with Crippen LogP contribution in [0, 0.1) is 0 Å². The molecule has 0 aliphatic carbocycles. The Hall–Kier alpha value is -1.62. The summed E-state index contributed by atoms with van der Waals surface area (Å²) in [5.74, 6) is -0.138. The zero-order valence-corrected chi connectivity index (χ0v) is 12.0. The fraction of sp³-hybridized carbons (Fsp3) is 0.429. The van der Waals surface area contributed by atoms with Gasteiger partial charge in [-0.25, -0.2) is 4.98 Å². The first-order valence-electron chi connectivity index (χ1n) is 6.46. The van der Waals surface area contributed by atoms with Gasteiger partial charge in [0.15, 0.2) is 5.13 Å². The number of anilines is 1. The molecule has 0 aliphatic rings. The molecule has 0 saturated carbocycles. The molecule has 19 heavy (non-hydrogen) atoms. The number of aromatic nitrogens is 1. The third-order valence-electron chi connectivity index (χ3n) is 2.75. The van der Waals surface area contributed by atoms with Gasteiger partial charge in [0.2, 0.25) is 0 Å². The first-order chi connectivity index (χ1) is 9.19. The van der Waals surface area contributed by atoms with Crippen molar-refractivity contribution in [3.05, 3.63) is 24.3 Å². The standard InChI is InChI=1S/C14H18N2O2S/c1-3-18-13(17)9-8-10(2)15-14-16-11-6-4-5-7-12(11)19-14/h4-7,10H,3,8-9H2,1-2H3,(H,15,16). The normalized spacial score (nSPS) is 12.3. The van der Waals surface area contributed by atoms with Crippen molar-refractivity contribution in [3.63, 3.8) is 0 Å². The monoisotopic (exact) mass is 278 g/mol. The average molecular weight is 278 g/mol. The number of thiazole rings is 1. The SMILES string of the molecule is CCOC(=O)CCC(C)Nc1nc2ccccc2s1. The van der Waals surface area contributed by atoms with Crippen LogP contribution in [0.1, 0.15) is 26.7 Å². The van der Waals surface area contributed by atoms with Gasteiger partial charge in [-0.05, 0) is 32.4 Å². The van der Waals surface area contributed by atoms with Crippen molar-refractivity contribution in [3.8, 4) is 0 Å². The second-order valence-corrected chi connectivity index (χ2v) is 5.41. The molecule has 0 fully saturated rings. The lowest BCUT2D eigenvalue weighted by Gasteiger charge is -2.11. The van der Waals surface area contributed by atoms with Crippen LogP contribution < -0.4 is 5.32 Å². The van der Waals surface area contributed by atoms with Crippen LogP contribution in [0.5, 0.6) is 0 Å². The Morgan fingerprint density at radius 1 is 1.47 bits per heavy atom. The van der Waals surface area contributed by atoms with Crippen molar-refractivity contribution in [2.75, 3.05) is 11.9 Å². The van der Waals surface area contributed by atoms with Gasteiger partial charge in [-0.1, -0.05) is 23.5 Å². The van der Waals surface area contributed by atoms with E-state index in [1.807, 2.05) is 32.0 Å². The molecule has 102 valence electrons. The highest BCUT2D eigenvalue weighted by atomic mass is 32.1. The summed E-state index contributed by atoms with van der Waals surface area (Å²) >= 11 is 1.63. The molecule has 0 spiro atoms. The number of fused-ring (bicyclic) bond motifs is 1. The van der Waals surface area contributed by atoms with Crippen LogP contribution in [-0.4, -0.2) is 23.6 Å². The molecule has 0 saturated heterocycles. The van der Waals surface area contributed by atoms with E-state index in [9.17, 15) is 4.79 Å². The average Bonchev–Trinajstić information content (AvgIpc) is 2.78. The lowest BCUT2D eigenvalue weighted by atomic mass is 10.2. The molecule has 2 aromatic rings. The van der Waals surface area contributed by atoms with E-state index >= 15 is 0 Å². The molecular weight excluding hydrogens is 260 g/mol. The maximum atomic E-state index is 11.3. The Kier molecular flexibility index (Phi) is 4.74. The van der Waals surface area contributed by atoms with Gasteiger partial charge in [0.05, 0.1) is 16.8 Å². The van der Waals surface area contributed by atoms with E-state index < -0.39 is 0 Å². The number of hydrogen-bond donors (Lipinski definition) is 1. The summed E-state index contributed by atoms with van der Waals surface area (Å²) in [6, 6.07) is 8.25. The zero-order chi connectivity index (χ0) is 13.7. The molecule has 1 aromatic heterocycles. The molecule has 4 nitrogen and oxygen atoms in total. The Morgan fingerprint density at radius 2 is 2.26 bits per heavy atom. The van der Waals surface area contributed by atoms with Crippen molar-refractivity contribution >= 4 is 32.7 Å². The van der Waals surface area contributed by atoms with E-state index in [-0.39, 0.29) is 12.0 Å². The maximum Gasteiger partial charge on any atom is 0.305 e. The fourth-order valence-corrected chi connectivity index (χ4v) is 2.76. The first-order valence-corrected chi connectivity index (χ1v) is 7.28. The van der Waals surface area contributed by atoms with Crippen molar-refractivity contribution in [2.45, 2.75) is 32.7 Å². The summed E-state index contributed by atoms with van der Waals surface area (Å²) in [5.41, 5.74) is 1.01. The summed E-state index contributed by atoms with van der Waals surface area (Å²) in [7, 11) is 0. The number of nitrogens with zero attached hydrogens (tertiary/aromatic N) is 1. The van der Waals surface area contributed by atoms with Crippen LogP contribution in [0.4, 0.5) is 5.13 Å². The fourth-order valence-electron chi connectivity index (χ4n) is 1.78. The highest BCUT2D eigenvalue weighted by Gasteiger charge is 2.09. The van der Waals surface area contributed by atoms with Crippen LogP contribution in [0.2, 0.25) is 0 Å².